The molecular weight excluding hydrogens is 354 g/mol. The molecule has 2 aromatic rings. The SMILES string of the molecule is CCNC(=O)[C@H](C)N1CCC(n2nccc2NC(=O)c2ccccc2C)CC1. The van der Waals surface area contributed by atoms with Gasteiger partial charge in [0.2, 0.25) is 5.91 Å². The van der Waals surface area contributed by atoms with E-state index in [1.54, 1.807) is 6.20 Å². The fourth-order valence-electron chi connectivity index (χ4n) is 3.72. The lowest BCUT2D eigenvalue weighted by Gasteiger charge is -2.35. The van der Waals surface area contributed by atoms with Crippen molar-refractivity contribution in [1.82, 2.24) is 20.0 Å². The molecule has 2 N–H and O–H groups in total. The number of benzene rings is 1. The molecule has 1 aromatic carbocycles. The quantitative estimate of drug-likeness (QED) is 0.804. The Hall–Kier alpha value is -2.67. The van der Waals surface area contributed by atoms with Crippen LogP contribution in [-0.2, 0) is 4.79 Å². The third kappa shape index (κ3) is 4.42. The van der Waals surface area contributed by atoms with Gasteiger partial charge in [-0.3, -0.25) is 14.5 Å². The van der Waals surface area contributed by atoms with Crippen LogP contribution in [0.2, 0.25) is 0 Å². The summed E-state index contributed by atoms with van der Waals surface area (Å²) in [5.74, 6) is 0.664. The van der Waals surface area contributed by atoms with Gasteiger partial charge in [0, 0.05) is 31.3 Å². The van der Waals surface area contributed by atoms with E-state index in [2.05, 4.69) is 20.6 Å². The fourth-order valence-corrected chi connectivity index (χ4v) is 3.72. The standard InChI is InChI=1S/C21H29N5O2/c1-4-22-20(27)16(3)25-13-10-17(11-14-25)26-19(9-12-23-26)24-21(28)18-8-6-5-7-15(18)2/h5-9,12,16-17H,4,10-11,13-14H2,1-3H3,(H,22,27)(H,24,28)/t16-/m0/s1. The number of nitrogens with zero attached hydrogens (tertiary/aromatic N) is 3. The number of likely N-dealkylation sites (N-methyl/N-ethyl adjacent to an activating group) is 1. The molecule has 1 aliphatic rings. The van der Waals surface area contributed by atoms with E-state index in [9.17, 15) is 9.59 Å². The maximum Gasteiger partial charge on any atom is 0.257 e. The first kappa shape index (κ1) is 20.1. The van der Waals surface area contributed by atoms with Crippen LogP contribution in [0.3, 0.4) is 0 Å². The lowest BCUT2D eigenvalue weighted by atomic mass is 10.0. The van der Waals surface area contributed by atoms with Crippen molar-refractivity contribution in [1.29, 1.82) is 0 Å². The van der Waals surface area contributed by atoms with E-state index < -0.39 is 0 Å². The van der Waals surface area contributed by atoms with Gasteiger partial charge in [0.15, 0.2) is 0 Å². The average molecular weight is 383 g/mol. The van der Waals surface area contributed by atoms with E-state index in [0.717, 1.165) is 31.5 Å². The van der Waals surface area contributed by atoms with Gasteiger partial charge >= 0.3 is 0 Å². The number of likely N-dealkylation sites (tertiary alicyclic amines) is 1. The number of carbonyl (C=O) groups excluding carboxylic acids is 2. The largest absolute Gasteiger partial charge is 0.355 e. The van der Waals surface area contributed by atoms with Gasteiger partial charge in [-0.25, -0.2) is 4.68 Å². The molecule has 7 heteroatoms. The van der Waals surface area contributed by atoms with E-state index in [1.165, 1.54) is 0 Å². The summed E-state index contributed by atoms with van der Waals surface area (Å²) in [6.07, 6.45) is 3.49. The molecule has 0 bridgehead atoms. The molecule has 3 rings (SSSR count). The first-order valence-corrected chi connectivity index (χ1v) is 9.93. The Balaban J connectivity index is 1.63. The Labute approximate surface area is 166 Å². The van der Waals surface area contributed by atoms with Crippen LogP contribution in [-0.4, -0.2) is 52.2 Å². The molecular formula is C21H29N5O2. The molecule has 2 heterocycles. The van der Waals surface area contributed by atoms with Crippen molar-refractivity contribution in [2.24, 2.45) is 0 Å². The van der Waals surface area contributed by atoms with Crippen LogP contribution >= 0.6 is 0 Å². The number of rotatable bonds is 6. The van der Waals surface area contributed by atoms with Gasteiger partial charge in [-0.15, -0.1) is 0 Å². The average Bonchev–Trinajstić information content (AvgIpc) is 3.16. The summed E-state index contributed by atoms with van der Waals surface area (Å²) in [6.45, 7) is 8.12. The number of hydrogen-bond donors (Lipinski definition) is 2. The minimum absolute atomic E-state index is 0.0752. The van der Waals surface area contributed by atoms with Crippen LogP contribution in [0.1, 0.15) is 48.7 Å². The minimum atomic E-state index is -0.126. The summed E-state index contributed by atoms with van der Waals surface area (Å²) in [5, 5.41) is 10.3. The molecule has 0 radical (unpaired) electrons. The van der Waals surface area contributed by atoms with E-state index in [0.29, 0.717) is 17.9 Å². The van der Waals surface area contributed by atoms with Crippen molar-refractivity contribution in [2.45, 2.75) is 45.7 Å². The Kier molecular flexibility index (Phi) is 6.46. The van der Waals surface area contributed by atoms with Crippen molar-refractivity contribution in [2.75, 3.05) is 25.0 Å². The molecule has 0 aliphatic carbocycles. The molecule has 7 nitrogen and oxygen atoms in total. The molecule has 1 aliphatic heterocycles. The van der Waals surface area contributed by atoms with Crippen LogP contribution in [0, 0.1) is 6.92 Å². The number of hydrogen-bond acceptors (Lipinski definition) is 4. The van der Waals surface area contributed by atoms with Crippen LogP contribution in [0.25, 0.3) is 0 Å². The molecule has 1 saturated heterocycles. The maximum absolute atomic E-state index is 12.6. The zero-order valence-electron chi connectivity index (χ0n) is 16.8. The number of aromatic nitrogens is 2. The Morgan fingerprint density at radius 3 is 2.61 bits per heavy atom. The van der Waals surface area contributed by atoms with Crippen molar-refractivity contribution in [3.63, 3.8) is 0 Å². The molecule has 0 saturated carbocycles. The number of carbonyl (C=O) groups is 2. The summed E-state index contributed by atoms with van der Waals surface area (Å²) < 4.78 is 1.91. The second kappa shape index (κ2) is 9.01. The zero-order valence-corrected chi connectivity index (χ0v) is 16.8. The summed E-state index contributed by atoms with van der Waals surface area (Å²) in [7, 11) is 0. The highest BCUT2D eigenvalue weighted by Crippen LogP contribution is 2.26. The van der Waals surface area contributed by atoms with Gasteiger partial charge in [0.25, 0.3) is 5.91 Å². The molecule has 150 valence electrons. The highest BCUT2D eigenvalue weighted by Gasteiger charge is 2.28. The topological polar surface area (TPSA) is 79.3 Å². The minimum Gasteiger partial charge on any atom is -0.355 e. The van der Waals surface area contributed by atoms with Crippen molar-refractivity contribution in [3.8, 4) is 0 Å². The molecule has 1 fully saturated rings. The predicted octanol–water partition coefficient (Wildman–Crippen LogP) is 2.61. The second-order valence-corrected chi connectivity index (χ2v) is 7.27. The van der Waals surface area contributed by atoms with Gasteiger partial charge < -0.3 is 10.6 Å². The molecule has 1 aromatic heterocycles. The van der Waals surface area contributed by atoms with Crippen molar-refractivity contribution in [3.05, 3.63) is 47.7 Å². The first-order valence-electron chi connectivity index (χ1n) is 9.93. The molecule has 1 atom stereocenters. The van der Waals surface area contributed by atoms with Gasteiger partial charge in [-0.2, -0.15) is 5.10 Å². The predicted molar refractivity (Wildman–Crippen MR) is 109 cm³/mol. The summed E-state index contributed by atoms with van der Waals surface area (Å²) in [4.78, 5) is 26.9. The number of amides is 2. The van der Waals surface area contributed by atoms with Gasteiger partial charge in [-0.05, 0) is 45.2 Å². The normalized spacial score (nSPS) is 16.5. The third-order valence-corrected chi connectivity index (χ3v) is 5.42. The van der Waals surface area contributed by atoms with E-state index >= 15 is 0 Å². The van der Waals surface area contributed by atoms with E-state index in [-0.39, 0.29) is 23.9 Å². The van der Waals surface area contributed by atoms with Crippen molar-refractivity contribution >= 4 is 17.6 Å². The monoisotopic (exact) mass is 383 g/mol. The lowest BCUT2D eigenvalue weighted by Crippen LogP contribution is -2.48. The van der Waals surface area contributed by atoms with Gasteiger partial charge in [-0.1, -0.05) is 18.2 Å². The van der Waals surface area contributed by atoms with E-state index in [4.69, 9.17) is 0 Å². The summed E-state index contributed by atoms with van der Waals surface area (Å²) >= 11 is 0. The van der Waals surface area contributed by atoms with Crippen LogP contribution < -0.4 is 10.6 Å². The number of piperidine rings is 1. The third-order valence-electron chi connectivity index (χ3n) is 5.42. The smallest absolute Gasteiger partial charge is 0.257 e. The number of anilines is 1. The second-order valence-electron chi connectivity index (χ2n) is 7.27. The molecule has 0 spiro atoms. The number of aryl methyl sites for hydroxylation is 1. The summed E-state index contributed by atoms with van der Waals surface area (Å²) in [6, 6.07) is 9.46. The number of nitrogens with one attached hydrogen (secondary N) is 2. The maximum atomic E-state index is 12.6. The first-order chi connectivity index (χ1) is 13.5. The highest BCUT2D eigenvalue weighted by atomic mass is 16.2. The Bertz CT molecular complexity index is 824. The Morgan fingerprint density at radius 2 is 1.93 bits per heavy atom. The lowest BCUT2D eigenvalue weighted by molar-refractivity contribution is -0.126. The highest BCUT2D eigenvalue weighted by molar-refractivity contribution is 6.04. The Morgan fingerprint density at radius 1 is 1.21 bits per heavy atom. The zero-order chi connectivity index (χ0) is 20.1. The van der Waals surface area contributed by atoms with Crippen LogP contribution in [0.5, 0.6) is 0 Å². The van der Waals surface area contributed by atoms with Crippen LogP contribution in [0.4, 0.5) is 5.82 Å². The van der Waals surface area contributed by atoms with Crippen LogP contribution in [0.15, 0.2) is 36.5 Å². The molecule has 0 unspecified atom stereocenters. The van der Waals surface area contributed by atoms with Gasteiger partial charge in [0.1, 0.15) is 5.82 Å². The van der Waals surface area contributed by atoms with Gasteiger partial charge in [0.05, 0.1) is 18.3 Å². The molecule has 28 heavy (non-hydrogen) atoms. The fraction of sp³-hybridized carbons (Fsp3) is 0.476. The van der Waals surface area contributed by atoms with E-state index in [1.807, 2.05) is 55.8 Å². The molecule has 2 amide bonds. The summed E-state index contributed by atoms with van der Waals surface area (Å²) in [5.41, 5.74) is 1.61. The van der Waals surface area contributed by atoms with Crippen molar-refractivity contribution < 1.29 is 9.59 Å².